The van der Waals surface area contributed by atoms with Crippen molar-refractivity contribution in [3.63, 3.8) is 0 Å². The highest BCUT2D eigenvalue weighted by molar-refractivity contribution is 5.10. The number of aromatic nitrogens is 2. The molecule has 2 heterocycles. The summed E-state index contributed by atoms with van der Waals surface area (Å²) in [6.45, 7) is 9.23. The molecule has 1 aromatic heterocycles. The average Bonchev–Trinajstić information content (AvgIpc) is 2.84. The van der Waals surface area contributed by atoms with Crippen molar-refractivity contribution in [3.05, 3.63) is 17.7 Å². The molecule has 0 amide bonds. The van der Waals surface area contributed by atoms with Crippen molar-refractivity contribution in [2.45, 2.75) is 52.1 Å². The van der Waals surface area contributed by atoms with Gasteiger partial charge in [-0.15, -0.1) is 0 Å². The number of ether oxygens (including phenoxy) is 1. The highest BCUT2D eigenvalue weighted by Crippen LogP contribution is 2.25. The van der Waals surface area contributed by atoms with E-state index in [2.05, 4.69) is 36.9 Å². The molecule has 0 spiro atoms. The van der Waals surface area contributed by atoms with Crippen molar-refractivity contribution < 1.29 is 4.74 Å². The van der Waals surface area contributed by atoms with Gasteiger partial charge in [-0.3, -0.25) is 0 Å². The molecule has 1 fully saturated rings. The van der Waals surface area contributed by atoms with Gasteiger partial charge in [0.15, 0.2) is 0 Å². The van der Waals surface area contributed by atoms with Gasteiger partial charge in [-0.1, -0.05) is 13.8 Å². The fourth-order valence-corrected chi connectivity index (χ4v) is 2.61. The van der Waals surface area contributed by atoms with E-state index in [9.17, 15) is 0 Å². The van der Waals surface area contributed by atoms with Crippen molar-refractivity contribution in [2.24, 2.45) is 0 Å². The minimum Gasteiger partial charge on any atom is -0.381 e. The maximum absolute atomic E-state index is 5.44. The number of aryl methyl sites for hydroxylation is 1. The molecule has 0 aromatic carbocycles. The van der Waals surface area contributed by atoms with E-state index in [1.807, 2.05) is 0 Å². The van der Waals surface area contributed by atoms with Crippen LogP contribution in [0.3, 0.4) is 0 Å². The molecule has 4 heteroatoms. The Morgan fingerprint density at radius 3 is 2.78 bits per heavy atom. The fraction of sp³-hybridized carbons (Fsp3) is 0.786. The second-order valence-electron chi connectivity index (χ2n) is 4.97. The van der Waals surface area contributed by atoms with Crippen LogP contribution in [0, 0.1) is 0 Å². The van der Waals surface area contributed by atoms with Gasteiger partial charge in [-0.25, -0.2) is 4.98 Å². The van der Waals surface area contributed by atoms with Crippen LogP contribution in [0.25, 0.3) is 0 Å². The van der Waals surface area contributed by atoms with Crippen LogP contribution in [0.1, 0.15) is 57.2 Å². The van der Waals surface area contributed by atoms with Gasteiger partial charge >= 0.3 is 0 Å². The van der Waals surface area contributed by atoms with Crippen LogP contribution >= 0.6 is 0 Å². The van der Waals surface area contributed by atoms with Crippen molar-refractivity contribution in [1.29, 1.82) is 0 Å². The monoisotopic (exact) mass is 251 g/mol. The third-order valence-electron chi connectivity index (χ3n) is 3.68. The molecule has 1 aliphatic rings. The summed E-state index contributed by atoms with van der Waals surface area (Å²) in [5.74, 6) is 1.21. The summed E-state index contributed by atoms with van der Waals surface area (Å²) in [5, 5.41) is 3.43. The van der Waals surface area contributed by atoms with Crippen molar-refractivity contribution in [1.82, 2.24) is 14.9 Å². The number of imidazole rings is 1. The van der Waals surface area contributed by atoms with Gasteiger partial charge in [-0.2, -0.15) is 0 Å². The zero-order valence-corrected chi connectivity index (χ0v) is 11.8. The molecule has 1 N–H and O–H groups in total. The molecule has 0 bridgehead atoms. The molecule has 4 nitrogen and oxygen atoms in total. The molecule has 0 aliphatic carbocycles. The van der Waals surface area contributed by atoms with Gasteiger partial charge in [0.1, 0.15) is 5.82 Å². The van der Waals surface area contributed by atoms with Gasteiger partial charge in [0, 0.05) is 37.9 Å². The zero-order valence-electron chi connectivity index (χ0n) is 11.8. The lowest BCUT2D eigenvalue weighted by atomic mass is 10.1. The average molecular weight is 251 g/mol. The Hall–Kier alpha value is -0.870. The minimum absolute atomic E-state index is 0.335. The van der Waals surface area contributed by atoms with Crippen LogP contribution in [-0.2, 0) is 11.2 Å². The quantitative estimate of drug-likeness (QED) is 0.873. The molecule has 0 radical (unpaired) electrons. The molecular formula is C14H25N3O. The first kappa shape index (κ1) is 13.6. The van der Waals surface area contributed by atoms with Crippen LogP contribution < -0.4 is 5.32 Å². The van der Waals surface area contributed by atoms with Gasteiger partial charge in [0.2, 0.25) is 0 Å². The SMILES string of the molecule is CCNC(C)c1cn(C2CCOCC2)c(CC)n1. The molecule has 2 rings (SSSR count). The molecule has 18 heavy (non-hydrogen) atoms. The van der Waals surface area contributed by atoms with Crippen LogP contribution in [0.5, 0.6) is 0 Å². The third-order valence-corrected chi connectivity index (χ3v) is 3.68. The Morgan fingerprint density at radius 1 is 1.44 bits per heavy atom. The first-order valence-corrected chi connectivity index (χ1v) is 7.15. The van der Waals surface area contributed by atoms with E-state index in [1.54, 1.807) is 0 Å². The molecule has 1 unspecified atom stereocenters. The van der Waals surface area contributed by atoms with Crippen LogP contribution in [0.15, 0.2) is 6.20 Å². The van der Waals surface area contributed by atoms with Crippen LogP contribution in [0.4, 0.5) is 0 Å². The zero-order chi connectivity index (χ0) is 13.0. The summed E-state index contributed by atoms with van der Waals surface area (Å²) in [6, 6.07) is 0.908. The van der Waals surface area contributed by atoms with E-state index in [-0.39, 0.29) is 0 Å². The molecule has 1 saturated heterocycles. The summed E-state index contributed by atoms with van der Waals surface area (Å²) >= 11 is 0. The van der Waals surface area contributed by atoms with E-state index in [4.69, 9.17) is 9.72 Å². The van der Waals surface area contributed by atoms with Crippen LogP contribution in [-0.4, -0.2) is 29.3 Å². The highest BCUT2D eigenvalue weighted by Gasteiger charge is 2.20. The Morgan fingerprint density at radius 2 is 2.17 bits per heavy atom. The van der Waals surface area contributed by atoms with Crippen molar-refractivity contribution in [2.75, 3.05) is 19.8 Å². The van der Waals surface area contributed by atoms with Gasteiger partial charge < -0.3 is 14.6 Å². The molecule has 1 aliphatic heterocycles. The highest BCUT2D eigenvalue weighted by atomic mass is 16.5. The number of rotatable bonds is 5. The standard InChI is InChI=1S/C14H25N3O/c1-4-14-16-13(11(3)15-5-2)10-17(14)12-6-8-18-9-7-12/h10-12,15H,4-9H2,1-3H3. The first-order valence-electron chi connectivity index (χ1n) is 7.15. The van der Waals surface area contributed by atoms with Gasteiger partial charge in [0.25, 0.3) is 0 Å². The van der Waals surface area contributed by atoms with Crippen molar-refractivity contribution >= 4 is 0 Å². The Labute approximate surface area is 110 Å². The lowest BCUT2D eigenvalue weighted by Gasteiger charge is -2.24. The summed E-state index contributed by atoms with van der Waals surface area (Å²) in [5.41, 5.74) is 1.17. The summed E-state index contributed by atoms with van der Waals surface area (Å²) in [4.78, 5) is 4.78. The van der Waals surface area contributed by atoms with E-state index in [0.29, 0.717) is 12.1 Å². The topological polar surface area (TPSA) is 39.1 Å². The fourth-order valence-electron chi connectivity index (χ4n) is 2.61. The van der Waals surface area contributed by atoms with Crippen LogP contribution in [0.2, 0.25) is 0 Å². The molecular weight excluding hydrogens is 226 g/mol. The van der Waals surface area contributed by atoms with Gasteiger partial charge in [-0.05, 0) is 26.3 Å². The smallest absolute Gasteiger partial charge is 0.109 e. The number of nitrogens with one attached hydrogen (secondary N) is 1. The van der Waals surface area contributed by atoms with Gasteiger partial charge in [0.05, 0.1) is 5.69 Å². The molecule has 1 aromatic rings. The number of nitrogens with zero attached hydrogens (tertiary/aromatic N) is 2. The second-order valence-corrected chi connectivity index (χ2v) is 4.97. The first-order chi connectivity index (χ1) is 8.76. The predicted molar refractivity (Wildman–Crippen MR) is 72.8 cm³/mol. The maximum Gasteiger partial charge on any atom is 0.109 e. The van der Waals surface area contributed by atoms with Crippen molar-refractivity contribution in [3.8, 4) is 0 Å². The molecule has 0 saturated carbocycles. The number of hydrogen-bond acceptors (Lipinski definition) is 3. The minimum atomic E-state index is 0.335. The van der Waals surface area contributed by atoms with E-state index >= 15 is 0 Å². The third kappa shape index (κ3) is 2.93. The normalized spacial score (nSPS) is 19.1. The number of hydrogen-bond donors (Lipinski definition) is 1. The predicted octanol–water partition coefficient (Wildman–Crippen LogP) is 2.47. The largest absolute Gasteiger partial charge is 0.381 e. The lowest BCUT2D eigenvalue weighted by Crippen LogP contribution is -2.20. The summed E-state index contributed by atoms with van der Waals surface area (Å²) < 4.78 is 7.82. The summed E-state index contributed by atoms with van der Waals surface area (Å²) in [6.07, 6.45) is 5.45. The molecule has 102 valence electrons. The lowest BCUT2D eigenvalue weighted by molar-refractivity contribution is 0.0688. The molecule has 1 atom stereocenters. The summed E-state index contributed by atoms with van der Waals surface area (Å²) in [7, 11) is 0. The Bertz CT molecular complexity index is 369. The van der Waals surface area contributed by atoms with E-state index in [1.165, 1.54) is 11.5 Å². The Kier molecular flexibility index (Phi) is 4.78. The second kappa shape index (κ2) is 6.34. The Balaban J connectivity index is 2.17. The van der Waals surface area contributed by atoms with E-state index in [0.717, 1.165) is 39.0 Å². The van der Waals surface area contributed by atoms with E-state index < -0.39 is 0 Å². The maximum atomic E-state index is 5.44.